The predicted molar refractivity (Wildman–Crippen MR) is 120 cm³/mol. The summed E-state index contributed by atoms with van der Waals surface area (Å²) < 4.78 is 14.8. The minimum Gasteiger partial charge on any atom is -0.492 e. The lowest BCUT2D eigenvalue weighted by Gasteiger charge is -2.40. The van der Waals surface area contributed by atoms with Gasteiger partial charge in [0.05, 0.1) is 10.9 Å². The van der Waals surface area contributed by atoms with Crippen LogP contribution in [0.5, 0.6) is 5.88 Å². The van der Waals surface area contributed by atoms with Crippen molar-refractivity contribution in [2.24, 2.45) is 0 Å². The molecule has 0 bridgehead atoms. The summed E-state index contributed by atoms with van der Waals surface area (Å²) in [5.74, 6) is 0.588. The van der Waals surface area contributed by atoms with Crippen LogP contribution in [0.25, 0.3) is 4.96 Å². The Morgan fingerprint density at radius 3 is 2.45 bits per heavy atom. The molecule has 6 nitrogen and oxygen atoms in total. The molecule has 1 aliphatic heterocycles. The minimum absolute atomic E-state index is 0.0796. The van der Waals surface area contributed by atoms with Gasteiger partial charge in [-0.05, 0) is 43.7 Å². The average Bonchev–Trinajstić information content (AvgIpc) is 3.27. The van der Waals surface area contributed by atoms with Gasteiger partial charge in [0.1, 0.15) is 11.6 Å². The Labute approximate surface area is 184 Å². The molecule has 2 aromatic heterocycles. The molecule has 0 spiro atoms. The second-order valence-corrected chi connectivity index (χ2v) is 8.97. The Bertz CT molecular complexity index is 1210. The van der Waals surface area contributed by atoms with Gasteiger partial charge in [-0.2, -0.15) is 4.52 Å². The number of aromatic nitrogens is 3. The lowest BCUT2D eigenvalue weighted by Crippen LogP contribution is -2.47. The fourth-order valence-electron chi connectivity index (χ4n) is 4.28. The van der Waals surface area contributed by atoms with Crippen molar-refractivity contribution in [1.82, 2.24) is 19.5 Å². The number of piperazine rings is 1. The molecule has 1 fully saturated rings. The van der Waals surface area contributed by atoms with Gasteiger partial charge in [0, 0.05) is 31.9 Å². The van der Waals surface area contributed by atoms with Crippen LogP contribution < -0.4 is 4.90 Å². The van der Waals surface area contributed by atoms with Gasteiger partial charge in [-0.15, -0.1) is 5.10 Å². The van der Waals surface area contributed by atoms with E-state index in [4.69, 9.17) is 0 Å². The summed E-state index contributed by atoms with van der Waals surface area (Å²) in [7, 11) is 0. The molecule has 3 heterocycles. The molecule has 2 aromatic carbocycles. The maximum absolute atomic E-state index is 13.3. The second kappa shape index (κ2) is 7.94. The average molecular weight is 438 g/mol. The van der Waals surface area contributed by atoms with E-state index in [1.165, 1.54) is 33.5 Å². The number of halogens is 1. The van der Waals surface area contributed by atoms with Crippen molar-refractivity contribution in [3.8, 4) is 5.88 Å². The zero-order valence-electron chi connectivity index (χ0n) is 17.5. The van der Waals surface area contributed by atoms with Gasteiger partial charge >= 0.3 is 0 Å². The van der Waals surface area contributed by atoms with Crippen LogP contribution in [0.3, 0.4) is 0 Å². The van der Waals surface area contributed by atoms with Crippen molar-refractivity contribution in [2.45, 2.75) is 19.9 Å². The SMILES string of the molecule is Cc1cccc(C(c2sc3nc(C)nn3c2O)N2CCN(c3ccc(F)cc3)CC2)c1. The Balaban J connectivity index is 1.47. The summed E-state index contributed by atoms with van der Waals surface area (Å²) in [6.07, 6.45) is 0. The third kappa shape index (κ3) is 3.77. The molecule has 160 valence electrons. The van der Waals surface area contributed by atoms with Gasteiger partial charge < -0.3 is 10.0 Å². The molecule has 31 heavy (non-hydrogen) atoms. The fourth-order valence-corrected chi connectivity index (χ4v) is 5.45. The highest BCUT2D eigenvalue weighted by molar-refractivity contribution is 7.17. The fraction of sp³-hybridized carbons (Fsp3) is 0.304. The third-order valence-corrected chi connectivity index (χ3v) is 6.86. The molecule has 0 radical (unpaired) electrons. The van der Waals surface area contributed by atoms with E-state index in [2.05, 4.69) is 51.1 Å². The highest BCUT2D eigenvalue weighted by Crippen LogP contribution is 2.40. The first-order chi connectivity index (χ1) is 15.0. The first kappa shape index (κ1) is 20.0. The molecule has 1 saturated heterocycles. The summed E-state index contributed by atoms with van der Waals surface area (Å²) in [6.45, 7) is 7.21. The topological polar surface area (TPSA) is 56.9 Å². The molecule has 1 aliphatic rings. The number of benzene rings is 2. The van der Waals surface area contributed by atoms with Crippen molar-refractivity contribution in [3.63, 3.8) is 0 Å². The number of aromatic hydroxyl groups is 1. The van der Waals surface area contributed by atoms with Gasteiger partial charge in [0.25, 0.3) is 0 Å². The summed E-state index contributed by atoms with van der Waals surface area (Å²) in [4.78, 5) is 10.7. The van der Waals surface area contributed by atoms with Crippen LogP contribution in [0, 0.1) is 19.7 Å². The van der Waals surface area contributed by atoms with E-state index in [0.717, 1.165) is 42.3 Å². The maximum Gasteiger partial charge on any atom is 0.230 e. The lowest BCUT2D eigenvalue weighted by atomic mass is 10.0. The van der Waals surface area contributed by atoms with Crippen molar-refractivity contribution < 1.29 is 9.50 Å². The molecule has 1 atom stereocenters. The van der Waals surface area contributed by atoms with Crippen LogP contribution in [0.15, 0.2) is 48.5 Å². The van der Waals surface area contributed by atoms with E-state index in [-0.39, 0.29) is 17.7 Å². The Morgan fingerprint density at radius 2 is 1.77 bits per heavy atom. The molecular formula is C23H24FN5OS. The molecule has 0 amide bonds. The van der Waals surface area contributed by atoms with E-state index >= 15 is 0 Å². The quantitative estimate of drug-likeness (QED) is 0.520. The van der Waals surface area contributed by atoms with Gasteiger partial charge in [-0.1, -0.05) is 41.2 Å². The van der Waals surface area contributed by atoms with Gasteiger partial charge in [-0.25, -0.2) is 9.37 Å². The van der Waals surface area contributed by atoms with Gasteiger partial charge in [0.15, 0.2) is 0 Å². The number of fused-ring (bicyclic) bond motifs is 1. The van der Waals surface area contributed by atoms with Crippen molar-refractivity contribution in [3.05, 3.63) is 76.2 Å². The number of aryl methyl sites for hydroxylation is 2. The van der Waals surface area contributed by atoms with Crippen LogP contribution in [0.4, 0.5) is 10.1 Å². The van der Waals surface area contributed by atoms with E-state index in [1.54, 1.807) is 0 Å². The van der Waals surface area contributed by atoms with Crippen LogP contribution in [0.2, 0.25) is 0 Å². The standard InChI is InChI=1S/C23H24FN5OS/c1-15-4-3-5-17(14-15)20(21-22(30)29-23(31-21)25-16(2)26-29)28-12-10-27(11-13-28)19-8-6-18(24)7-9-19/h3-9,14,20,30H,10-13H2,1-2H3. The summed E-state index contributed by atoms with van der Waals surface area (Å²) in [6, 6.07) is 15.0. The molecule has 0 saturated carbocycles. The molecule has 4 aromatic rings. The van der Waals surface area contributed by atoms with E-state index < -0.39 is 0 Å². The zero-order valence-corrected chi connectivity index (χ0v) is 18.3. The summed E-state index contributed by atoms with van der Waals surface area (Å²) >= 11 is 1.49. The van der Waals surface area contributed by atoms with Crippen molar-refractivity contribution in [1.29, 1.82) is 0 Å². The van der Waals surface area contributed by atoms with Gasteiger partial charge in [0.2, 0.25) is 10.8 Å². The number of hydrogen-bond acceptors (Lipinski definition) is 6. The molecule has 5 rings (SSSR count). The number of rotatable bonds is 4. The Morgan fingerprint density at radius 1 is 1.03 bits per heavy atom. The van der Waals surface area contributed by atoms with Crippen LogP contribution in [-0.4, -0.2) is 50.8 Å². The normalized spacial score (nSPS) is 16.2. The molecule has 1 N–H and O–H groups in total. The van der Waals surface area contributed by atoms with E-state index in [0.29, 0.717) is 10.8 Å². The number of thiazole rings is 1. The van der Waals surface area contributed by atoms with Crippen LogP contribution >= 0.6 is 11.3 Å². The molecule has 1 unspecified atom stereocenters. The summed E-state index contributed by atoms with van der Waals surface area (Å²) in [5.41, 5.74) is 3.36. The highest BCUT2D eigenvalue weighted by Gasteiger charge is 2.31. The predicted octanol–water partition coefficient (Wildman–Crippen LogP) is 4.16. The van der Waals surface area contributed by atoms with Crippen LogP contribution in [-0.2, 0) is 0 Å². The number of nitrogens with zero attached hydrogens (tertiary/aromatic N) is 5. The lowest BCUT2D eigenvalue weighted by molar-refractivity contribution is 0.211. The Hall–Kier alpha value is -2.97. The van der Waals surface area contributed by atoms with Crippen molar-refractivity contribution in [2.75, 3.05) is 31.1 Å². The minimum atomic E-state index is -0.219. The smallest absolute Gasteiger partial charge is 0.230 e. The molecule has 8 heteroatoms. The van der Waals surface area contributed by atoms with Crippen molar-refractivity contribution >= 4 is 22.0 Å². The zero-order chi connectivity index (χ0) is 21.5. The van der Waals surface area contributed by atoms with Crippen LogP contribution in [0.1, 0.15) is 27.9 Å². The number of anilines is 1. The molecular weight excluding hydrogens is 413 g/mol. The van der Waals surface area contributed by atoms with E-state index in [9.17, 15) is 9.50 Å². The second-order valence-electron chi connectivity index (χ2n) is 7.96. The highest BCUT2D eigenvalue weighted by atomic mass is 32.1. The maximum atomic E-state index is 13.3. The molecule has 0 aliphatic carbocycles. The van der Waals surface area contributed by atoms with E-state index in [1.807, 2.05) is 19.1 Å². The first-order valence-electron chi connectivity index (χ1n) is 10.4. The Kier molecular flexibility index (Phi) is 5.11. The summed E-state index contributed by atoms with van der Waals surface area (Å²) in [5, 5.41) is 15.3. The monoisotopic (exact) mass is 437 g/mol. The van der Waals surface area contributed by atoms with Gasteiger partial charge in [-0.3, -0.25) is 4.90 Å². The third-order valence-electron chi connectivity index (χ3n) is 5.78. The first-order valence-corrected chi connectivity index (χ1v) is 11.2. The largest absolute Gasteiger partial charge is 0.492 e. The number of hydrogen-bond donors (Lipinski definition) is 1.